The van der Waals surface area contributed by atoms with Crippen LogP contribution in [-0.4, -0.2) is 50.3 Å². The predicted octanol–water partition coefficient (Wildman–Crippen LogP) is 6.31. The Morgan fingerprint density at radius 2 is 1.30 bits per heavy atom. The van der Waals surface area contributed by atoms with Crippen molar-refractivity contribution in [2.24, 2.45) is 5.92 Å². The Morgan fingerprint density at radius 1 is 0.739 bits per heavy atom. The molecule has 6 rings (SSSR count). The van der Waals surface area contributed by atoms with Gasteiger partial charge < -0.3 is 38.3 Å². The van der Waals surface area contributed by atoms with Gasteiger partial charge in [-0.2, -0.15) is 0 Å². The Labute approximate surface area is 270 Å². The molecule has 8 nitrogen and oxygen atoms in total. The maximum Gasteiger partial charge on any atom is 0.222 e. The minimum atomic E-state index is -1.91. The number of hydrogen-bond acceptors (Lipinski definition) is 8. The fraction of sp³-hybridized carbons (Fsp3) is 0.368. The van der Waals surface area contributed by atoms with Crippen LogP contribution in [0.25, 0.3) is 0 Å². The third-order valence-electron chi connectivity index (χ3n) is 8.59. The van der Waals surface area contributed by atoms with E-state index >= 15 is 0 Å². The van der Waals surface area contributed by atoms with Crippen LogP contribution in [0.15, 0.2) is 109 Å². The van der Waals surface area contributed by atoms with E-state index in [2.05, 4.69) is 6.92 Å². The predicted molar refractivity (Wildman–Crippen MR) is 172 cm³/mol. The fourth-order valence-corrected chi connectivity index (χ4v) is 6.05. The first-order valence-electron chi connectivity index (χ1n) is 15.8. The van der Waals surface area contributed by atoms with E-state index in [1.165, 1.54) is 0 Å². The van der Waals surface area contributed by atoms with Crippen LogP contribution in [0.2, 0.25) is 0 Å². The Hall–Kier alpha value is -3.60. The molecule has 8 heteroatoms. The molecule has 4 aromatic rings. The molecule has 4 aromatic carbocycles. The molecule has 2 saturated heterocycles. The summed E-state index contributed by atoms with van der Waals surface area (Å²) in [6.07, 6.45) is -2.60. The summed E-state index contributed by atoms with van der Waals surface area (Å²) in [5, 5.41) is 12.8. The molecule has 2 fully saturated rings. The largest absolute Gasteiger partial charge is 0.496 e. The van der Waals surface area contributed by atoms with Gasteiger partial charge in [-0.05, 0) is 34.9 Å². The van der Waals surface area contributed by atoms with Crippen LogP contribution in [0.1, 0.15) is 41.0 Å². The summed E-state index contributed by atoms with van der Waals surface area (Å²) in [6.45, 7) is 4.24. The first-order chi connectivity index (χ1) is 22.5. The molecule has 242 valence electrons. The molecule has 2 heterocycles. The second-order valence-electron chi connectivity index (χ2n) is 11.7. The number of benzene rings is 4. The maximum absolute atomic E-state index is 12.8. The first-order valence-corrected chi connectivity index (χ1v) is 15.8. The zero-order valence-corrected chi connectivity index (χ0v) is 26.3. The Bertz CT molecular complexity index is 1500. The van der Waals surface area contributed by atoms with Crippen molar-refractivity contribution in [3.63, 3.8) is 0 Å². The van der Waals surface area contributed by atoms with Gasteiger partial charge in [0.25, 0.3) is 0 Å². The lowest BCUT2D eigenvalue weighted by Crippen LogP contribution is -2.62. The third kappa shape index (κ3) is 7.51. The topological polar surface area (TPSA) is 84.8 Å². The minimum absolute atomic E-state index is 0.195. The summed E-state index contributed by atoms with van der Waals surface area (Å²) in [5.41, 5.74) is 4.18. The lowest BCUT2D eigenvalue weighted by atomic mass is 9.82. The molecule has 0 aromatic heterocycles. The quantitative estimate of drug-likeness (QED) is 0.185. The molecule has 0 saturated carbocycles. The first kappa shape index (κ1) is 32.3. The van der Waals surface area contributed by atoms with E-state index in [0.29, 0.717) is 43.3 Å². The van der Waals surface area contributed by atoms with Gasteiger partial charge in [-0.15, -0.1) is 0 Å². The normalized spacial score (nSPS) is 25.0. The molecule has 2 aliphatic rings. The van der Waals surface area contributed by atoms with Gasteiger partial charge in [-0.1, -0.05) is 97.9 Å². The summed E-state index contributed by atoms with van der Waals surface area (Å²) in [4.78, 5) is 0. The van der Waals surface area contributed by atoms with Crippen LogP contribution < -0.4 is 4.74 Å². The summed E-state index contributed by atoms with van der Waals surface area (Å²) in [5.74, 6) is -1.52. The molecule has 0 amide bonds. The number of methoxy groups -OCH3 is 1. The van der Waals surface area contributed by atoms with E-state index < -0.39 is 30.4 Å². The molecule has 46 heavy (non-hydrogen) atoms. The smallest absolute Gasteiger partial charge is 0.222 e. The van der Waals surface area contributed by atoms with Crippen molar-refractivity contribution in [2.45, 2.75) is 57.1 Å². The van der Waals surface area contributed by atoms with Gasteiger partial charge >= 0.3 is 0 Å². The molecule has 0 bridgehead atoms. The van der Waals surface area contributed by atoms with Crippen molar-refractivity contribution in [1.82, 2.24) is 0 Å². The summed E-state index contributed by atoms with van der Waals surface area (Å²) in [6, 6.07) is 35.3. The molecule has 2 aliphatic heterocycles. The van der Waals surface area contributed by atoms with Crippen LogP contribution >= 0.6 is 0 Å². The van der Waals surface area contributed by atoms with Gasteiger partial charge in [0.2, 0.25) is 5.79 Å². The van der Waals surface area contributed by atoms with Gasteiger partial charge in [0.05, 0.1) is 64.5 Å². The Morgan fingerprint density at radius 3 is 1.89 bits per heavy atom. The summed E-state index contributed by atoms with van der Waals surface area (Å²) < 4.78 is 43.5. The second kappa shape index (κ2) is 15.3. The lowest BCUT2D eigenvalue weighted by molar-refractivity contribution is -0.365. The van der Waals surface area contributed by atoms with Gasteiger partial charge in [0, 0.05) is 11.5 Å². The van der Waals surface area contributed by atoms with Gasteiger partial charge in [0.1, 0.15) is 11.9 Å². The Kier molecular flexibility index (Phi) is 10.8. The summed E-state index contributed by atoms with van der Waals surface area (Å²) in [7, 11) is 1.60. The van der Waals surface area contributed by atoms with Crippen LogP contribution in [0.4, 0.5) is 0 Å². The van der Waals surface area contributed by atoms with E-state index in [1.807, 2.05) is 97.1 Å². The molecular weight excluding hydrogens is 584 g/mol. The minimum Gasteiger partial charge on any atom is -0.496 e. The van der Waals surface area contributed by atoms with E-state index in [9.17, 15) is 5.11 Å². The van der Waals surface area contributed by atoms with Gasteiger partial charge in [-0.3, -0.25) is 0 Å². The van der Waals surface area contributed by atoms with Crippen LogP contribution in [0.5, 0.6) is 5.75 Å². The van der Waals surface area contributed by atoms with Crippen LogP contribution in [0, 0.1) is 5.92 Å². The molecule has 0 spiro atoms. The Balaban J connectivity index is 1.36. The third-order valence-corrected chi connectivity index (χ3v) is 8.59. The highest BCUT2D eigenvalue weighted by Gasteiger charge is 2.55. The molecule has 0 aliphatic carbocycles. The number of aliphatic hydroxyl groups is 1. The van der Waals surface area contributed by atoms with Crippen molar-refractivity contribution in [1.29, 1.82) is 0 Å². The molecular formula is C38H42O8. The number of hydrogen-bond donors (Lipinski definition) is 1. The van der Waals surface area contributed by atoms with E-state index in [0.717, 1.165) is 16.7 Å². The van der Waals surface area contributed by atoms with Crippen LogP contribution in [0.3, 0.4) is 0 Å². The number of ether oxygens (including phenoxy) is 7. The molecule has 4 unspecified atom stereocenters. The van der Waals surface area contributed by atoms with Crippen molar-refractivity contribution in [3.05, 3.63) is 137 Å². The highest BCUT2D eigenvalue weighted by Crippen LogP contribution is 2.44. The van der Waals surface area contributed by atoms with Crippen molar-refractivity contribution in [2.75, 3.05) is 26.9 Å². The van der Waals surface area contributed by atoms with Crippen molar-refractivity contribution in [3.8, 4) is 5.75 Å². The second-order valence-corrected chi connectivity index (χ2v) is 11.7. The van der Waals surface area contributed by atoms with Gasteiger partial charge in [0.15, 0.2) is 6.29 Å². The lowest BCUT2D eigenvalue weighted by Gasteiger charge is -2.50. The SMILES string of the molecule is COc1ccc(C2(O)O[C@H](COCc3ccccc3)C(C)C(OCc3ccccc3)C2OCc2ccccc2)cc1C1OCCO1. The highest BCUT2D eigenvalue weighted by molar-refractivity contribution is 5.41. The van der Waals surface area contributed by atoms with E-state index in [-0.39, 0.29) is 19.1 Å². The van der Waals surface area contributed by atoms with Crippen LogP contribution in [-0.2, 0) is 54.0 Å². The average Bonchev–Trinajstić information content (AvgIpc) is 3.65. The average molecular weight is 627 g/mol. The zero-order valence-electron chi connectivity index (χ0n) is 26.3. The van der Waals surface area contributed by atoms with Gasteiger partial charge in [-0.25, -0.2) is 0 Å². The molecule has 0 radical (unpaired) electrons. The fourth-order valence-electron chi connectivity index (χ4n) is 6.05. The molecule has 1 N–H and O–H groups in total. The zero-order chi connectivity index (χ0) is 31.8. The monoisotopic (exact) mass is 626 g/mol. The molecule has 5 atom stereocenters. The maximum atomic E-state index is 12.8. The standard InChI is InChI=1S/C38H42O8/c1-27-34(26-41-23-28-12-6-3-7-13-28)46-38(39,31-18-19-33(40-2)32(22-31)37-42-20-21-43-37)36(45-25-30-16-10-5-11-17-30)35(27)44-24-29-14-8-4-9-15-29/h3-19,22,27,34-37,39H,20-21,23-26H2,1-2H3/t27?,34-,35?,36?,38?/m1/s1. The number of rotatable bonds is 13. The highest BCUT2D eigenvalue weighted by atomic mass is 16.7. The van der Waals surface area contributed by atoms with E-state index in [1.54, 1.807) is 19.2 Å². The summed E-state index contributed by atoms with van der Waals surface area (Å²) >= 11 is 0. The van der Waals surface area contributed by atoms with Crippen molar-refractivity contribution >= 4 is 0 Å². The van der Waals surface area contributed by atoms with Crippen molar-refractivity contribution < 1.29 is 38.3 Å². The van der Waals surface area contributed by atoms with E-state index in [4.69, 9.17) is 33.2 Å².